The van der Waals surface area contributed by atoms with Crippen LogP contribution in [0, 0.1) is 5.82 Å². The van der Waals surface area contributed by atoms with Crippen LogP contribution >= 0.6 is 0 Å². The first kappa shape index (κ1) is 19.7. The number of para-hydroxylation sites is 1. The molecule has 1 aliphatic rings. The van der Waals surface area contributed by atoms with Crippen LogP contribution in [0.5, 0.6) is 0 Å². The second-order valence-electron chi connectivity index (χ2n) is 5.93. The van der Waals surface area contributed by atoms with E-state index in [2.05, 4.69) is 9.98 Å². The van der Waals surface area contributed by atoms with E-state index in [4.69, 9.17) is 10.2 Å². The predicted octanol–water partition coefficient (Wildman–Crippen LogP) is 3.32. The number of carbonyl (C=O) groups is 2. The molecule has 0 spiro atoms. The van der Waals surface area contributed by atoms with Gasteiger partial charge in [-0.2, -0.15) is 0 Å². The number of halogens is 1. The van der Waals surface area contributed by atoms with Gasteiger partial charge in [0.25, 0.3) is 0 Å². The molecule has 4 rings (SSSR count). The molecule has 0 fully saturated rings. The second kappa shape index (κ2) is 8.75. The molecule has 2 aromatic carbocycles. The number of hydrogen-bond donors (Lipinski definition) is 2. The Morgan fingerprint density at radius 2 is 1.66 bits per heavy atom. The Kier molecular flexibility index (Phi) is 5.94. The second-order valence-corrected chi connectivity index (χ2v) is 5.93. The lowest BCUT2D eigenvalue weighted by Crippen LogP contribution is -2.03. The number of nitrogens with zero attached hydrogens (tertiary/aromatic N) is 3. The van der Waals surface area contributed by atoms with Gasteiger partial charge >= 0.3 is 11.9 Å². The molecule has 2 N–H and O–H groups in total. The summed E-state index contributed by atoms with van der Waals surface area (Å²) in [5.74, 6) is -2.17. The van der Waals surface area contributed by atoms with Gasteiger partial charge in [0.05, 0.1) is 29.7 Å². The average Bonchev–Trinajstić information content (AvgIpc) is 3.02. The van der Waals surface area contributed by atoms with Gasteiger partial charge in [0.2, 0.25) is 0 Å². The maximum Gasteiger partial charge on any atom is 0.328 e. The van der Waals surface area contributed by atoms with Crippen LogP contribution in [-0.2, 0) is 16.1 Å². The summed E-state index contributed by atoms with van der Waals surface area (Å²) < 4.78 is 16.1. The van der Waals surface area contributed by atoms with Gasteiger partial charge in [-0.3, -0.25) is 9.56 Å². The Bertz CT molecular complexity index is 1100. The van der Waals surface area contributed by atoms with Crippen LogP contribution in [-0.4, -0.2) is 37.9 Å². The Balaban J connectivity index is 0.000000258. The number of hydrogen-bond acceptors (Lipinski definition) is 4. The predicted molar refractivity (Wildman–Crippen MR) is 105 cm³/mol. The van der Waals surface area contributed by atoms with E-state index >= 15 is 0 Å². The van der Waals surface area contributed by atoms with Crippen LogP contribution in [0.2, 0.25) is 0 Å². The van der Waals surface area contributed by atoms with E-state index in [-0.39, 0.29) is 5.82 Å². The van der Waals surface area contributed by atoms with Crippen LogP contribution in [0.15, 0.2) is 71.9 Å². The number of aliphatic carboxylic acids is 2. The zero-order valence-corrected chi connectivity index (χ0v) is 15.1. The number of fused-ring (bicyclic) bond motifs is 3. The molecule has 0 saturated carbocycles. The molecule has 8 heteroatoms. The molecule has 0 aliphatic carbocycles. The number of carboxylic acids is 2. The molecule has 2 heterocycles. The van der Waals surface area contributed by atoms with E-state index in [0.29, 0.717) is 30.1 Å². The summed E-state index contributed by atoms with van der Waals surface area (Å²) in [5.41, 5.74) is 3.44. The van der Waals surface area contributed by atoms with E-state index in [9.17, 15) is 14.0 Å². The summed E-state index contributed by atoms with van der Waals surface area (Å²) in [6.07, 6.45) is 4.74. The summed E-state index contributed by atoms with van der Waals surface area (Å²) in [6, 6.07) is 14.6. The maximum atomic E-state index is 14.1. The molecule has 0 amide bonds. The topological polar surface area (TPSA) is 105 Å². The Morgan fingerprint density at radius 1 is 1.00 bits per heavy atom. The van der Waals surface area contributed by atoms with Crippen molar-refractivity contribution in [2.24, 2.45) is 4.99 Å². The number of aromatic nitrogens is 2. The summed E-state index contributed by atoms with van der Waals surface area (Å²) in [6.45, 7) is 0.538. The van der Waals surface area contributed by atoms with Crippen molar-refractivity contribution in [1.82, 2.24) is 9.55 Å². The van der Waals surface area contributed by atoms with E-state index in [1.807, 2.05) is 41.1 Å². The van der Waals surface area contributed by atoms with Crippen LogP contribution in [0.1, 0.15) is 11.3 Å². The quantitative estimate of drug-likeness (QED) is 0.664. The molecular weight excluding hydrogens is 377 g/mol. The van der Waals surface area contributed by atoms with Crippen molar-refractivity contribution in [1.29, 1.82) is 0 Å². The zero-order chi connectivity index (χ0) is 20.8. The third kappa shape index (κ3) is 4.62. The van der Waals surface area contributed by atoms with Crippen LogP contribution in [0.25, 0.3) is 17.1 Å². The van der Waals surface area contributed by atoms with E-state index in [1.54, 1.807) is 18.3 Å². The number of aliphatic imine (C=N–C) groups is 1. The molecule has 1 aromatic heterocycles. The maximum absolute atomic E-state index is 14.1. The Hall–Kier alpha value is -4.07. The third-order valence-corrected chi connectivity index (χ3v) is 3.98. The molecule has 3 aromatic rings. The van der Waals surface area contributed by atoms with Gasteiger partial charge in [0.1, 0.15) is 11.6 Å². The molecule has 0 atom stereocenters. The van der Waals surface area contributed by atoms with Crippen LogP contribution in [0.3, 0.4) is 0 Å². The lowest BCUT2D eigenvalue weighted by atomic mass is 10.1. The number of benzene rings is 2. The fourth-order valence-corrected chi connectivity index (χ4v) is 2.78. The van der Waals surface area contributed by atoms with Gasteiger partial charge in [-0.05, 0) is 18.2 Å². The normalized spacial score (nSPS) is 11.8. The molecular formula is C21H16FN3O4. The highest BCUT2D eigenvalue weighted by molar-refractivity contribution is 5.89. The molecule has 29 heavy (non-hydrogen) atoms. The minimum Gasteiger partial charge on any atom is -0.478 e. The van der Waals surface area contributed by atoms with E-state index < -0.39 is 11.9 Å². The third-order valence-electron chi connectivity index (χ3n) is 3.98. The van der Waals surface area contributed by atoms with E-state index in [1.165, 1.54) is 6.07 Å². The summed E-state index contributed by atoms with van der Waals surface area (Å²) in [4.78, 5) is 27.9. The highest BCUT2D eigenvalue weighted by Gasteiger charge is 2.19. The van der Waals surface area contributed by atoms with Crippen molar-refractivity contribution in [2.75, 3.05) is 0 Å². The highest BCUT2D eigenvalue weighted by atomic mass is 19.1. The fraction of sp³-hybridized carbons (Fsp3) is 0.0476. The molecule has 0 radical (unpaired) electrons. The number of carboxylic acid groups (broad SMARTS) is 2. The molecule has 7 nitrogen and oxygen atoms in total. The SMILES string of the molecule is Fc1ccccc1-c1ncc2n1-c1ccccc1C=NC2.O=C(O)/C=C\C(=O)O. The molecule has 0 saturated heterocycles. The van der Waals surface area contributed by atoms with Crippen LogP contribution in [0.4, 0.5) is 4.39 Å². The fourth-order valence-electron chi connectivity index (χ4n) is 2.78. The van der Waals surface area contributed by atoms with E-state index in [0.717, 1.165) is 16.9 Å². The van der Waals surface area contributed by atoms with Gasteiger partial charge in [-0.1, -0.05) is 30.3 Å². The summed E-state index contributed by atoms with van der Waals surface area (Å²) in [7, 11) is 0. The highest BCUT2D eigenvalue weighted by Crippen LogP contribution is 2.29. The largest absolute Gasteiger partial charge is 0.478 e. The Morgan fingerprint density at radius 3 is 2.34 bits per heavy atom. The monoisotopic (exact) mass is 393 g/mol. The van der Waals surface area contributed by atoms with Crippen molar-refractivity contribution >= 4 is 18.2 Å². The van der Waals surface area contributed by atoms with Gasteiger partial charge in [-0.25, -0.2) is 19.0 Å². The average molecular weight is 393 g/mol. The first-order valence-corrected chi connectivity index (χ1v) is 8.52. The molecule has 0 bridgehead atoms. The molecule has 0 unspecified atom stereocenters. The lowest BCUT2D eigenvalue weighted by molar-refractivity contribution is -0.134. The minimum atomic E-state index is -1.26. The first-order chi connectivity index (χ1) is 14.0. The van der Waals surface area contributed by atoms with Crippen LogP contribution < -0.4 is 0 Å². The number of imidazole rings is 1. The number of rotatable bonds is 3. The Labute approximate surface area is 165 Å². The van der Waals surface area contributed by atoms with Gasteiger partial charge in [0, 0.05) is 23.9 Å². The van der Waals surface area contributed by atoms with Gasteiger partial charge in [0.15, 0.2) is 0 Å². The lowest BCUT2D eigenvalue weighted by Gasteiger charge is -2.12. The van der Waals surface area contributed by atoms with Crippen molar-refractivity contribution in [3.8, 4) is 17.1 Å². The van der Waals surface area contributed by atoms with Gasteiger partial charge in [-0.15, -0.1) is 0 Å². The van der Waals surface area contributed by atoms with Gasteiger partial charge < -0.3 is 10.2 Å². The zero-order valence-electron chi connectivity index (χ0n) is 15.1. The molecule has 1 aliphatic heterocycles. The summed E-state index contributed by atoms with van der Waals surface area (Å²) in [5, 5.41) is 15.6. The standard InChI is InChI=1S/C17H12FN3.C4H4O4/c18-15-7-3-2-6-14(15)17-20-11-13-10-19-9-12-5-1-4-8-16(12)21(13)17;5-3(6)1-2-4(7)8/h1-9,11H,10H2;1-2H,(H,5,6)(H,7,8)/b;2-1-. The van der Waals surface area contributed by atoms with Crippen molar-refractivity contribution in [3.63, 3.8) is 0 Å². The van der Waals surface area contributed by atoms with Crippen molar-refractivity contribution < 1.29 is 24.2 Å². The van der Waals surface area contributed by atoms with Crippen molar-refractivity contribution in [2.45, 2.75) is 6.54 Å². The smallest absolute Gasteiger partial charge is 0.328 e. The minimum absolute atomic E-state index is 0.270. The summed E-state index contributed by atoms with van der Waals surface area (Å²) >= 11 is 0. The van der Waals surface area contributed by atoms with Crippen molar-refractivity contribution in [3.05, 3.63) is 84.0 Å². The molecule has 146 valence electrons. The first-order valence-electron chi connectivity index (χ1n) is 8.52.